The molecule has 4 nitrogen and oxygen atoms in total. The summed E-state index contributed by atoms with van der Waals surface area (Å²) >= 11 is 0. The average Bonchev–Trinajstić information content (AvgIpc) is 2.71. The van der Waals surface area contributed by atoms with Gasteiger partial charge in [0.15, 0.2) is 0 Å². The zero-order chi connectivity index (χ0) is 19.3. The van der Waals surface area contributed by atoms with E-state index in [-0.39, 0.29) is 5.75 Å². The topological polar surface area (TPSA) is 45.1 Å². The number of aryl methyl sites for hydroxylation is 1. The Morgan fingerprint density at radius 2 is 1.67 bits per heavy atom. The molecule has 2 aromatic carbocycles. The van der Waals surface area contributed by atoms with Crippen LogP contribution in [0.3, 0.4) is 0 Å². The largest absolute Gasteiger partial charge is 0.508 e. The summed E-state index contributed by atoms with van der Waals surface area (Å²) in [6.07, 6.45) is 4.10. The quantitative estimate of drug-likeness (QED) is 0.330. The first-order valence-corrected chi connectivity index (χ1v) is 9.97. The maximum absolute atomic E-state index is 9.53. The van der Waals surface area contributed by atoms with Crippen molar-refractivity contribution in [3.8, 4) is 5.75 Å². The van der Waals surface area contributed by atoms with Crippen LogP contribution in [0, 0.1) is 0 Å². The fourth-order valence-corrected chi connectivity index (χ4v) is 3.00. The Balaban J connectivity index is 1.88. The van der Waals surface area contributed by atoms with E-state index in [0.717, 1.165) is 56.6 Å². The van der Waals surface area contributed by atoms with Gasteiger partial charge >= 0.3 is 0 Å². The van der Waals surface area contributed by atoms with Gasteiger partial charge in [0.2, 0.25) is 0 Å². The van der Waals surface area contributed by atoms with Gasteiger partial charge in [-0.05, 0) is 74.2 Å². The van der Waals surface area contributed by atoms with Crippen molar-refractivity contribution >= 4 is 5.71 Å². The van der Waals surface area contributed by atoms with Gasteiger partial charge in [-0.2, -0.15) is 0 Å². The number of nitrogens with zero attached hydrogens (tertiary/aromatic N) is 2. The van der Waals surface area contributed by atoms with Crippen molar-refractivity contribution < 1.29 is 9.94 Å². The Labute approximate surface area is 163 Å². The van der Waals surface area contributed by atoms with Crippen LogP contribution in [0.1, 0.15) is 44.2 Å². The third kappa shape index (κ3) is 7.83. The van der Waals surface area contributed by atoms with E-state index in [2.05, 4.69) is 54.2 Å². The van der Waals surface area contributed by atoms with Crippen molar-refractivity contribution in [3.63, 3.8) is 0 Å². The second-order valence-electron chi connectivity index (χ2n) is 6.64. The van der Waals surface area contributed by atoms with E-state index in [4.69, 9.17) is 4.84 Å². The highest BCUT2D eigenvalue weighted by molar-refractivity contribution is 6.00. The molecule has 0 aliphatic carbocycles. The Kier molecular flexibility index (Phi) is 9.42. The fraction of sp³-hybridized carbons (Fsp3) is 0.435. The monoisotopic (exact) mass is 368 g/mol. The lowest BCUT2D eigenvalue weighted by Crippen LogP contribution is -2.26. The van der Waals surface area contributed by atoms with Gasteiger partial charge in [0.25, 0.3) is 0 Å². The van der Waals surface area contributed by atoms with Crippen molar-refractivity contribution in [1.82, 2.24) is 4.90 Å². The van der Waals surface area contributed by atoms with Crippen LogP contribution in [0.15, 0.2) is 59.8 Å². The zero-order valence-electron chi connectivity index (χ0n) is 16.6. The lowest BCUT2D eigenvalue weighted by atomic mass is 10.0. The smallest absolute Gasteiger partial charge is 0.129 e. The summed E-state index contributed by atoms with van der Waals surface area (Å²) in [7, 11) is 0. The predicted octanol–water partition coefficient (Wildman–Crippen LogP) is 4.87. The van der Waals surface area contributed by atoms with Gasteiger partial charge in [-0.3, -0.25) is 0 Å². The van der Waals surface area contributed by atoms with Crippen molar-refractivity contribution in [2.45, 2.75) is 39.5 Å². The molecule has 0 atom stereocenters. The molecule has 0 heterocycles. The summed E-state index contributed by atoms with van der Waals surface area (Å²) in [4.78, 5) is 7.93. The Bertz CT molecular complexity index is 665. The molecule has 0 saturated carbocycles. The number of benzene rings is 2. The van der Waals surface area contributed by atoms with Crippen LogP contribution in [0.25, 0.3) is 0 Å². The number of phenols is 1. The summed E-state index contributed by atoms with van der Waals surface area (Å²) in [5, 5.41) is 13.9. The third-order valence-electron chi connectivity index (χ3n) is 4.74. The molecule has 0 spiro atoms. The Morgan fingerprint density at radius 3 is 2.33 bits per heavy atom. The van der Waals surface area contributed by atoms with Crippen molar-refractivity contribution in [2.24, 2.45) is 5.16 Å². The first-order valence-electron chi connectivity index (χ1n) is 9.97. The lowest BCUT2D eigenvalue weighted by Gasteiger charge is -2.16. The van der Waals surface area contributed by atoms with Gasteiger partial charge < -0.3 is 14.8 Å². The molecule has 27 heavy (non-hydrogen) atoms. The Morgan fingerprint density at radius 1 is 0.963 bits per heavy atom. The number of hydrogen-bond acceptors (Lipinski definition) is 4. The SMILES string of the molecule is CCN(CC)CCON=C(CCCCc1ccccc1)c1ccc(O)cc1. The Hall–Kier alpha value is -2.33. The summed E-state index contributed by atoms with van der Waals surface area (Å²) in [6, 6.07) is 17.8. The summed E-state index contributed by atoms with van der Waals surface area (Å²) < 4.78 is 0. The van der Waals surface area contributed by atoms with Crippen molar-refractivity contribution in [1.29, 1.82) is 0 Å². The third-order valence-corrected chi connectivity index (χ3v) is 4.74. The van der Waals surface area contributed by atoms with E-state index in [9.17, 15) is 5.11 Å². The van der Waals surface area contributed by atoms with Gasteiger partial charge in [-0.1, -0.05) is 49.3 Å². The van der Waals surface area contributed by atoms with Gasteiger partial charge in [-0.25, -0.2) is 0 Å². The van der Waals surface area contributed by atoms with Crippen LogP contribution in [0.2, 0.25) is 0 Å². The van der Waals surface area contributed by atoms with Gasteiger partial charge in [0, 0.05) is 6.54 Å². The molecule has 146 valence electrons. The number of likely N-dealkylation sites (N-methyl/N-ethyl adjacent to an activating group) is 1. The minimum atomic E-state index is 0.268. The number of phenolic OH excluding ortho intramolecular Hbond substituents is 1. The summed E-state index contributed by atoms with van der Waals surface area (Å²) in [6.45, 7) is 7.82. The van der Waals surface area contributed by atoms with Gasteiger partial charge in [-0.15, -0.1) is 0 Å². The highest BCUT2D eigenvalue weighted by Crippen LogP contribution is 2.15. The van der Waals surface area contributed by atoms with Crippen molar-refractivity contribution in [2.75, 3.05) is 26.2 Å². The molecule has 0 saturated heterocycles. The van der Waals surface area contributed by atoms with Gasteiger partial charge in [0.1, 0.15) is 12.4 Å². The molecular formula is C23H32N2O2. The van der Waals surface area contributed by atoms with Crippen LogP contribution in [0.5, 0.6) is 5.75 Å². The molecule has 2 aromatic rings. The highest BCUT2D eigenvalue weighted by Gasteiger charge is 2.06. The summed E-state index contributed by atoms with van der Waals surface area (Å²) in [5.74, 6) is 0.268. The van der Waals surface area contributed by atoms with Crippen LogP contribution >= 0.6 is 0 Å². The maximum Gasteiger partial charge on any atom is 0.129 e. The van der Waals surface area contributed by atoms with E-state index in [1.807, 2.05) is 12.1 Å². The fourth-order valence-electron chi connectivity index (χ4n) is 3.00. The first kappa shape index (κ1) is 21.0. The maximum atomic E-state index is 9.53. The average molecular weight is 369 g/mol. The number of unbranched alkanes of at least 4 members (excludes halogenated alkanes) is 1. The highest BCUT2D eigenvalue weighted by atomic mass is 16.6. The molecule has 0 radical (unpaired) electrons. The molecule has 0 unspecified atom stereocenters. The number of rotatable bonds is 12. The molecule has 4 heteroatoms. The molecule has 0 fully saturated rings. The van der Waals surface area contributed by atoms with Crippen molar-refractivity contribution in [3.05, 3.63) is 65.7 Å². The van der Waals surface area contributed by atoms with E-state index in [1.54, 1.807) is 12.1 Å². The summed E-state index contributed by atoms with van der Waals surface area (Å²) in [5.41, 5.74) is 3.33. The first-order chi connectivity index (χ1) is 13.2. The minimum Gasteiger partial charge on any atom is -0.508 e. The molecule has 0 amide bonds. The van der Waals surface area contributed by atoms with Crippen LogP contribution in [0.4, 0.5) is 0 Å². The lowest BCUT2D eigenvalue weighted by molar-refractivity contribution is 0.114. The van der Waals surface area contributed by atoms with E-state index < -0.39 is 0 Å². The predicted molar refractivity (Wildman–Crippen MR) is 112 cm³/mol. The van der Waals surface area contributed by atoms with Crippen LogP contribution < -0.4 is 0 Å². The number of hydrogen-bond donors (Lipinski definition) is 1. The standard InChI is InChI=1S/C23H32N2O2/c1-3-25(4-2)18-19-27-24-23(21-14-16-22(26)17-15-21)13-9-8-12-20-10-6-5-7-11-20/h5-7,10-11,14-17,26H,3-4,8-9,12-13,18-19H2,1-2H3. The molecule has 0 aromatic heterocycles. The number of oxime groups is 1. The second-order valence-corrected chi connectivity index (χ2v) is 6.64. The second kappa shape index (κ2) is 12.1. The normalized spacial score (nSPS) is 11.7. The minimum absolute atomic E-state index is 0.268. The van der Waals surface area contributed by atoms with Gasteiger partial charge in [0.05, 0.1) is 5.71 Å². The van der Waals surface area contributed by atoms with E-state index in [0.29, 0.717) is 6.61 Å². The van der Waals surface area contributed by atoms with Crippen LogP contribution in [-0.2, 0) is 11.3 Å². The molecule has 0 aliphatic heterocycles. The molecule has 0 bridgehead atoms. The molecule has 1 N–H and O–H groups in total. The van der Waals surface area contributed by atoms with E-state index in [1.165, 1.54) is 5.56 Å². The zero-order valence-corrected chi connectivity index (χ0v) is 16.6. The number of aromatic hydroxyl groups is 1. The molecule has 2 rings (SSSR count). The molecule has 0 aliphatic rings. The van der Waals surface area contributed by atoms with Crippen LogP contribution in [-0.4, -0.2) is 42.0 Å². The molecular weight excluding hydrogens is 336 g/mol. The van der Waals surface area contributed by atoms with E-state index >= 15 is 0 Å².